The van der Waals surface area contributed by atoms with Gasteiger partial charge in [-0.05, 0) is 55.7 Å². The molecule has 2 unspecified atom stereocenters. The number of ether oxygens (including phenoxy) is 2. The van der Waals surface area contributed by atoms with E-state index in [-0.39, 0.29) is 5.60 Å². The van der Waals surface area contributed by atoms with Crippen molar-refractivity contribution in [3.8, 4) is 11.5 Å². The molecule has 1 spiro atoms. The molecule has 3 heteroatoms. The van der Waals surface area contributed by atoms with Crippen molar-refractivity contribution in [2.75, 3.05) is 7.11 Å². The number of benzene rings is 1. The van der Waals surface area contributed by atoms with Crippen LogP contribution in [0.4, 0.5) is 0 Å². The van der Waals surface area contributed by atoms with Crippen molar-refractivity contribution in [3.63, 3.8) is 0 Å². The molecule has 0 radical (unpaired) electrons. The Hall–Kier alpha value is -1.22. The van der Waals surface area contributed by atoms with Crippen LogP contribution in [0.3, 0.4) is 0 Å². The van der Waals surface area contributed by atoms with E-state index in [1.807, 2.05) is 18.2 Å². The van der Waals surface area contributed by atoms with Gasteiger partial charge in [0.1, 0.15) is 17.1 Å². The molecule has 21 heavy (non-hydrogen) atoms. The summed E-state index contributed by atoms with van der Waals surface area (Å²) in [6.45, 7) is 4.67. The number of methoxy groups -OCH3 is 1. The molecule has 0 bridgehead atoms. The zero-order valence-corrected chi connectivity index (χ0v) is 13.3. The average molecular weight is 290 g/mol. The van der Waals surface area contributed by atoms with Gasteiger partial charge in [-0.1, -0.05) is 13.8 Å². The van der Waals surface area contributed by atoms with Gasteiger partial charge in [-0.15, -0.1) is 0 Å². The monoisotopic (exact) mass is 290 g/mol. The van der Waals surface area contributed by atoms with Crippen LogP contribution in [-0.4, -0.2) is 17.8 Å². The Labute approximate surface area is 127 Å². The molecule has 0 amide bonds. The van der Waals surface area contributed by atoms with Crippen molar-refractivity contribution < 1.29 is 14.6 Å². The Bertz CT molecular complexity index is 523. The zero-order chi connectivity index (χ0) is 15.1. The van der Waals surface area contributed by atoms with E-state index < -0.39 is 6.10 Å². The van der Waals surface area contributed by atoms with Crippen molar-refractivity contribution in [2.45, 2.75) is 64.1 Å². The fourth-order valence-corrected chi connectivity index (χ4v) is 3.76. The van der Waals surface area contributed by atoms with E-state index in [1.54, 1.807) is 7.11 Å². The highest BCUT2D eigenvalue weighted by molar-refractivity contribution is 5.43. The first kappa shape index (κ1) is 14.7. The smallest absolute Gasteiger partial charge is 0.126 e. The van der Waals surface area contributed by atoms with Crippen molar-refractivity contribution >= 4 is 0 Å². The third kappa shape index (κ3) is 2.89. The Kier molecular flexibility index (Phi) is 3.64. The predicted molar refractivity (Wildman–Crippen MR) is 82.8 cm³/mol. The Morgan fingerprint density at radius 2 is 2.00 bits per heavy atom. The highest BCUT2D eigenvalue weighted by Crippen LogP contribution is 2.48. The van der Waals surface area contributed by atoms with E-state index >= 15 is 0 Å². The van der Waals surface area contributed by atoms with Gasteiger partial charge < -0.3 is 14.6 Å². The van der Waals surface area contributed by atoms with E-state index in [2.05, 4.69) is 13.8 Å². The molecule has 1 aliphatic heterocycles. The molecule has 1 fully saturated rings. The van der Waals surface area contributed by atoms with Crippen molar-refractivity contribution in [3.05, 3.63) is 23.8 Å². The summed E-state index contributed by atoms with van der Waals surface area (Å²) in [7, 11) is 1.65. The fourth-order valence-electron chi connectivity index (χ4n) is 3.76. The van der Waals surface area contributed by atoms with Crippen molar-refractivity contribution in [2.24, 2.45) is 5.41 Å². The predicted octanol–water partition coefficient (Wildman–Crippen LogP) is 4.24. The van der Waals surface area contributed by atoms with E-state index in [0.717, 1.165) is 36.3 Å². The lowest BCUT2D eigenvalue weighted by Crippen LogP contribution is -2.40. The van der Waals surface area contributed by atoms with E-state index in [9.17, 15) is 5.11 Å². The maximum Gasteiger partial charge on any atom is 0.126 e. The molecular formula is C18H26O3. The summed E-state index contributed by atoms with van der Waals surface area (Å²) in [4.78, 5) is 0. The van der Waals surface area contributed by atoms with Crippen LogP contribution in [0.5, 0.6) is 11.5 Å². The van der Waals surface area contributed by atoms with Crippen LogP contribution in [0.25, 0.3) is 0 Å². The molecular weight excluding hydrogens is 264 g/mol. The number of hydrogen-bond donors (Lipinski definition) is 1. The van der Waals surface area contributed by atoms with Crippen LogP contribution in [0.15, 0.2) is 18.2 Å². The number of rotatable bonds is 1. The maximum atomic E-state index is 10.6. The summed E-state index contributed by atoms with van der Waals surface area (Å²) in [5.41, 5.74) is 1.07. The lowest BCUT2D eigenvalue weighted by atomic mass is 9.81. The van der Waals surface area contributed by atoms with Gasteiger partial charge in [0.05, 0.1) is 13.2 Å². The molecule has 3 rings (SSSR count). The minimum Gasteiger partial charge on any atom is -0.497 e. The Morgan fingerprint density at radius 1 is 1.19 bits per heavy atom. The van der Waals surface area contributed by atoms with E-state index in [4.69, 9.17) is 9.47 Å². The van der Waals surface area contributed by atoms with Crippen molar-refractivity contribution in [1.82, 2.24) is 0 Å². The number of hydrogen-bond acceptors (Lipinski definition) is 3. The van der Waals surface area contributed by atoms with Crippen molar-refractivity contribution in [1.29, 1.82) is 0 Å². The third-order valence-corrected chi connectivity index (χ3v) is 5.21. The molecule has 3 nitrogen and oxygen atoms in total. The first-order valence-corrected chi connectivity index (χ1v) is 7.98. The molecule has 1 aliphatic carbocycles. The summed E-state index contributed by atoms with van der Waals surface area (Å²) in [5, 5.41) is 10.6. The van der Waals surface area contributed by atoms with Gasteiger partial charge in [-0.2, -0.15) is 0 Å². The first-order chi connectivity index (χ1) is 9.93. The molecule has 1 saturated carbocycles. The van der Waals surface area contributed by atoms with Gasteiger partial charge in [-0.3, -0.25) is 0 Å². The van der Waals surface area contributed by atoms with Gasteiger partial charge in [0, 0.05) is 12.0 Å². The minimum absolute atomic E-state index is 0.186. The Morgan fingerprint density at radius 3 is 2.76 bits per heavy atom. The second kappa shape index (κ2) is 5.20. The second-order valence-electron chi connectivity index (χ2n) is 7.43. The van der Waals surface area contributed by atoms with Gasteiger partial charge in [0.2, 0.25) is 0 Å². The molecule has 1 N–H and O–H groups in total. The summed E-state index contributed by atoms with van der Waals surface area (Å²) >= 11 is 0. The van der Waals surface area contributed by atoms with E-state index in [0.29, 0.717) is 11.8 Å². The van der Waals surface area contributed by atoms with Gasteiger partial charge in [-0.25, -0.2) is 0 Å². The molecule has 2 atom stereocenters. The molecule has 2 aliphatic rings. The fraction of sp³-hybridized carbons (Fsp3) is 0.667. The quantitative estimate of drug-likeness (QED) is 0.840. The number of aliphatic hydroxyl groups is 1. The van der Waals surface area contributed by atoms with Gasteiger partial charge in [0.25, 0.3) is 0 Å². The number of fused-ring (bicyclic) bond motifs is 1. The lowest BCUT2D eigenvalue weighted by molar-refractivity contribution is -0.0261. The summed E-state index contributed by atoms with van der Waals surface area (Å²) in [6.07, 6.45) is 5.88. The molecule has 0 aromatic heterocycles. The minimum atomic E-state index is -0.454. The first-order valence-electron chi connectivity index (χ1n) is 7.98. The SMILES string of the molecule is COc1ccc2c(c1)C(O)CC1(CCCC(C)(C)CC1)O2. The summed E-state index contributed by atoms with van der Waals surface area (Å²) < 4.78 is 11.6. The molecule has 116 valence electrons. The summed E-state index contributed by atoms with van der Waals surface area (Å²) in [6, 6.07) is 5.74. The lowest BCUT2D eigenvalue weighted by Gasteiger charge is -2.41. The van der Waals surface area contributed by atoms with Gasteiger partial charge >= 0.3 is 0 Å². The van der Waals surface area contributed by atoms with Gasteiger partial charge in [0.15, 0.2) is 0 Å². The molecule has 1 aromatic rings. The van der Waals surface area contributed by atoms with Crippen LogP contribution >= 0.6 is 0 Å². The maximum absolute atomic E-state index is 10.6. The number of aliphatic hydroxyl groups excluding tert-OH is 1. The van der Waals surface area contributed by atoms with Crippen LogP contribution in [0.2, 0.25) is 0 Å². The second-order valence-corrected chi connectivity index (χ2v) is 7.43. The van der Waals surface area contributed by atoms with Crippen LogP contribution in [-0.2, 0) is 0 Å². The van der Waals surface area contributed by atoms with Crippen LogP contribution in [0.1, 0.15) is 64.0 Å². The van der Waals surface area contributed by atoms with Crippen LogP contribution < -0.4 is 9.47 Å². The molecule has 1 aromatic carbocycles. The summed E-state index contributed by atoms with van der Waals surface area (Å²) in [5.74, 6) is 1.60. The zero-order valence-electron chi connectivity index (χ0n) is 13.3. The van der Waals surface area contributed by atoms with Crippen LogP contribution in [0, 0.1) is 5.41 Å². The average Bonchev–Trinajstić information content (AvgIpc) is 2.58. The topological polar surface area (TPSA) is 38.7 Å². The largest absolute Gasteiger partial charge is 0.497 e. The third-order valence-electron chi connectivity index (χ3n) is 5.21. The standard InChI is InChI=1S/C18H26O3/c1-17(2)7-4-8-18(10-9-17)12-15(19)14-11-13(20-3)5-6-16(14)21-18/h5-6,11,15,19H,4,7-10,12H2,1-3H3. The van der Waals surface area contributed by atoms with E-state index in [1.165, 1.54) is 12.8 Å². The molecule has 1 heterocycles. The Balaban J connectivity index is 1.87. The normalized spacial score (nSPS) is 31.1. The highest BCUT2D eigenvalue weighted by atomic mass is 16.5. The highest BCUT2D eigenvalue weighted by Gasteiger charge is 2.43. The molecule has 0 saturated heterocycles.